The lowest BCUT2D eigenvalue weighted by atomic mass is 10.1. The largest absolute Gasteiger partial charge is 0.453 e. The molecule has 19 heavy (non-hydrogen) atoms. The van der Waals surface area contributed by atoms with Gasteiger partial charge in [0.25, 0.3) is 0 Å². The highest BCUT2D eigenvalue weighted by molar-refractivity contribution is 5.67. The van der Waals surface area contributed by atoms with Gasteiger partial charge in [-0.05, 0) is 19.4 Å². The number of carbonyl (C=O) groups excluding carboxylic acids is 1. The first kappa shape index (κ1) is 13.6. The number of hydrogen-bond acceptors (Lipinski definition) is 5. The van der Waals surface area contributed by atoms with Crippen molar-refractivity contribution in [3.8, 4) is 0 Å². The van der Waals surface area contributed by atoms with Gasteiger partial charge in [-0.15, -0.1) is 0 Å². The summed E-state index contributed by atoms with van der Waals surface area (Å²) in [7, 11) is 1.35. The molecule has 1 aliphatic rings. The predicted octanol–water partition coefficient (Wildman–Crippen LogP) is 1.07. The SMILES string of the molecule is COC(=O)NC1CCN(c2ncccc2[C@H](C)O)C1. The lowest BCUT2D eigenvalue weighted by Crippen LogP contribution is -2.37. The Bertz CT molecular complexity index is 451. The quantitative estimate of drug-likeness (QED) is 0.855. The maximum atomic E-state index is 11.2. The lowest BCUT2D eigenvalue weighted by Gasteiger charge is -2.21. The number of hydrogen-bond donors (Lipinski definition) is 2. The number of aromatic nitrogens is 1. The number of pyridine rings is 1. The molecule has 1 unspecified atom stereocenters. The zero-order chi connectivity index (χ0) is 13.8. The van der Waals surface area contributed by atoms with Gasteiger partial charge >= 0.3 is 6.09 Å². The van der Waals surface area contributed by atoms with Gasteiger partial charge < -0.3 is 20.1 Å². The van der Waals surface area contributed by atoms with E-state index in [1.165, 1.54) is 7.11 Å². The summed E-state index contributed by atoms with van der Waals surface area (Å²) in [5.74, 6) is 0.784. The first-order valence-corrected chi connectivity index (χ1v) is 6.34. The average Bonchev–Trinajstić information content (AvgIpc) is 2.86. The minimum Gasteiger partial charge on any atom is -0.453 e. The van der Waals surface area contributed by atoms with E-state index in [1.54, 1.807) is 13.1 Å². The van der Waals surface area contributed by atoms with Gasteiger partial charge in [0.05, 0.1) is 19.3 Å². The van der Waals surface area contributed by atoms with E-state index in [0.717, 1.165) is 24.3 Å². The van der Waals surface area contributed by atoms with E-state index in [0.29, 0.717) is 6.54 Å². The smallest absolute Gasteiger partial charge is 0.407 e. The van der Waals surface area contributed by atoms with Gasteiger partial charge in [-0.3, -0.25) is 0 Å². The molecule has 2 atom stereocenters. The Morgan fingerprint density at radius 3 is 3.16 bits per heavy atom. The Morgan fingerprint density at radius 1 is 1.68 bits per heavy atom. The van der Waals surface area contributed by atoms with E-state index in [1.807, 2.05) is 12.1 Å². The van der Waals surface area contributed by atoms with Crippen molar-refractivity contribution in [1.82, 2.24) is 10.3 Å². The number of aliphatic hydroxyl groups is 1. The van der Waals surface area contributed by atoms with Crippen LogP contribution in [0.1, 0.15) is 25.0 Å². The molecule has 1 fully saturated rings. The number of aliphatic hydroxyl groups excluding tert-OH is 1. The van der Waals surface area contributed by atoms with Crippen LogP contribution in [0.4, 0.5) is 10.6 Å². The summed E-state index contributed by atoms with van der Waals surface area (Å²) in [6.07, 6.45) is 1.58. The van der Waals surface area contributed by atoms with Crippen molar-refractivity contribution in [1.29, 1.82) is 0 Å². The van der Waals surface area contributed by atoms with Gasteiger partial charge in [0.2, 0.25) is 0 Å². The minimum absolute atomic E-state index is 0.0521. The van der Waals surface area contributed by atoms with Crippen LogP contribution in [-0.4, -0.2) is 42.4 Å². The molecule has 1 aliphatic heterocycles. The summed E-state index contributed by atoms with van der Waals surface area (Å²) in [4.78, 5) is 17.6. The maximum Gasteiger partial charge on any atom is 0.407 e. The molecular formula is C13H19N3O3. The van der Waals surface area contributed by atoms with Gasteiger partial charge in [0.1, 0.15) is 5.82 Å². The normalized spacial score (nSPS) is 20.2. The van der Waals surface area contributed by atoms with Crippen LogP contribution >= 0.6 is 0 Å². The molecule has 1 saturated heterocycles. The molecule has 0 aromatic carbocycles. The molecule has 0 aliphatic carbocycles. The van der Waals surface area contributed by atoms with Crippen LogP contribution < -0.4 is 10.2 Å². The summed E-state index contributed by atoms with van der Waals surface area (Å²) >= 11 is 0. The summed E-state index contributed by atoms with van der Waals surface area (Å²) < 4.78 is 4.59. The third-order valence-corrected chi connectivity index (χ3v) is 3.26. The molecule has 104 valence electrons. The Hall–Kier alpha value is -1.82. The number of anilines is 1. The number of ether oxygens (including phenoxy) is 1. The zero-order valence-corrected chi connectivity index (χ0v) is 11.2. The molecule has 0 saturated carbocycles. The van der Waals surface area contributed by atoms with Crippen LogP contribution in [0.2, 0.25) is 0 Å². The highest BCUT2D eigenvalue weighted by Crippen LogP contribution is 2.26. The first-order valence-electron chi connectivity index (χ1n) is 6.34. The van der Waals surface area contributed by atoms with E-state index in [-0.39, 0.29) is 6.04 Å². The number of nitrogens with zero attached hydrogens (tertiary/aromatic N) is 2. The average molecular weight is 265 g/mol. The number of carbonyl (C=O) groups is 1. The molecule has 1 amide bonds. The van der Waals surface area contributed by atoms with E-state index < -0.39 is 12.2 Å². The number of alkyl carbamates (subject to hydrolysis) is 1. The second-order valence-electron chi connectivity index (χ2n) is 4.66. The van der Waals surface area contributed by atoms with Crippen molar-refractivity contribution in [2.24, 2.45) is 0 Å². The molecule has 2 heterocycles. The van der Waals surface area contributed by atoms with E-state index in [2.05, 4.69) is 19.9 Å². The van der Waals surface area contributed by atoms with Gasteiger partial charge in [-0.25, -0.2) is 9.78 Å². The van der Waals surface area contributed by atoms with Crippen molar-refractivity contribution in [3.05, 3.63) is 23.9 Å². The molecule has 0 bridgehead atoms. The molecule has 1 aromatic heterocycles. The Morgan fingerprint density at radius 2 is 2.47 bits per heavy atom. The number of amides is 1. The first-order chi connectivity index (χ1) is 9.11. The Labute approximate surface area is 112 Å². The fraction of sp³-hybridized carbons (Fsp3) is 0.538. The minimum atomic E-state index is -0.559. The summed E-state index contributed by atoms with van der Waals surface area (Å²) in [6.45, 7) is 3.19. The van der Waals surface area contributed by atoms with Crippen LogP contribution in [0.15, 0.2) is 18.3 Å². The topological polar surface area (TPSA) is 74.7 Å². The molecule has 6 heteroatoms. The molecular weight excluding hydrogens is 246 g/mol. The molecule has 6 nitrogen and oxygen atoms in total. The van der Waals surface area contributed by atoms with Crippen LogP contribution in [0, 0.1) is 0 Å². The van der Waals surface area contributed by atoms with Gasteiger partial charge in [0.15, 0.2) is 0 Å². The third-order valence-electron chi connectivity index (χ3n) is 3.26. The summed E-state index contributed by atoms with van der Waals surface area (Å²) in [6, 6.07) is 3.73. The van der Waals surface area contributed by atoms with Crippen LogP contribution in [0.5, 0.6) is 0 Å². The van der Waals surface area contributed by atoms with E-state index >= 15 is 0 Å². The number of rotatable bonds is 3. The molecule has 2 N–H and O–H groups in total. The van der Waals surface area contributed by atoms with Crippen LogP contribution in [0.25, 0.3) is 0 Å². The monoisotopic (exact) mass is 265 g/mol. The summed E-state index contributed by atoms with van der Waals surface area (Å²) in [5, 5.41) is 12.5. The summed E-state index contributed by atoms with van der Waals surface area (Å²) in [5.41, 5.74) is 0.807. The van der Waals surface area contributed by atoms with Crippen molar-refractivity contribution in [2.45, 2.75) is 25.5 Å². The van der Waals surface area contributed by atoms with Crippen molar-refractivity contribution in [3.63, 3.8) is 0 Å². The maximum absolute atomic E-state index is 11.2. The molecule has 0 radical (unpaired) electrons. The fourth-order valence-electron chi connectivity index (χ4n) is 2.30. The third kappa shape index (κ3) is 3.14. The Kier molecular flexibility index (Phi) is 4.21. The van der Waals surface area contributed by atoms with Gasteiger partial charge in [-0.1, -0.05) is 6.07 Å². The Balaban J connectivity index is 2.06. The lowest BCUT2D eigenvalue weighted by molar-refractivity contribution is 0.167. The zero-order valence-electron chi connectivity index (χ0n) is 11.2. The standard InChI is InChI=1S/C13H19N3O3/c1-9(17)11-4-3-6-14-12(11)16-7-5-10(8-16)15-13(18)19-2/h3-4,6,9-10,17H,5,7-8H2,1-2H3,(H,15,18)/t9-,10?/m0/s1. The highest BCUT2D eigenvalue weighted by atomic mass is 16.5. The van der Waals surface area contributed by atoms with Gasteiger partial charge in [-0.2, -0.15) is 0 Å². The second-order valence-corrected chi connectivity index (χ2v) is 4.66. The molecule has 0 spiro atoms. The van der Waals surface area contributed by atoms with Crippen molar-refractivity contribution in [2.75, 3.05) is 25.1 Å². The van der Waals surface area contributed by atoms with Crippen molar-refractivity contribution < 1.29 is 14.6 Å². The van der Waals surface area contributed by atoms with E-state index in [4.69, 9.17) is 0 Å². The number of nitrogens with one attached hydrogen (secondary N) is 1. The van der Waals surface area contributed by atoms with Crippen LogP contribution in [-0.2, 0) is 4.74 Å². The second kappa shape index (κ2) is 5.88. The van der Waals surface area contributed by atoms with Crippen molar-refractivity contribution >= 4 is 11.9 Å². The fourth-order valence-corrected chi connectivity index (χ4v) is 2.30. The number of methoxy groups -OCH3 is 1. The molecule has 2 rings (SSSR count). The van der Waals surface area contributed by atoms with Crippen LogP contribution in [0.3, 0.4) is 0 Å². The van der Waals surface area contributed by atoms with Gasteiger partial charge in [0, 0.05) is 24.8 Å². The molecule has 1 aromatic rings. The van der Waals surface area contributed by atoms with E-state index in [9.17, 15) is 9.90 Å². The highest BCUT2D eigenvalue weighted by Gasteiger charge is 2.27. The predicted molar refractivity (Wildman–Crippen MR) is 71.0 cm³/mol.